The Labute approximate surface area is 73.3 Å². The number of ketones is 1. The average Bonchev–Trinajstić information content (AvgIpc) is 2.17. The number of aliphatic hydroxyl groups excluding tert-OH is 1. The monoisotopic (exact) mass is 168 g/mol. The van der Waals surface area contributed by atoms with Crippen molar-refractivity contribution in [2.75, 3.05) is 0 Å². The largest absolute Gasteiger partial charge is 0.515 e. The maximum Gasteiger partial charge on any atom is 0.161 e. The highest BCUT2D eigenvalue weighted by molar-refractivity contribution is 5.94. The summed E-state index contributed by atoms with van der Waals surface area (Å²) in [6.07, 6.45) is 7.96. The van der Waals surface area contributed by atoms with Gasteiger partial charge in [-0.25, -0.2) is 0 Å². The zero-order valence-electron chi connectivity index (χ0n) is 7.38. The Hall–Kier alpha value is -0.790. The van der Waals surface area contributed by atoms with Gasteiger partial charge in [0.15, 0.2) is 5.78 Å². The molecule has 12 heavy (non-hydrogen) atoms. The van der Waals surface area contributed by atoms with Crippen LogP contribution in [0.15, 0.2) is 11.8 Å². The van der Waals surface area contributed by atoms with Crippen LogP contribution in [0.4, 0.5) is 0 Å². The molecule has 0 bridgehead atoms. The molecule has 1 aliphatic carbocycles. The highest BCUT2D eigenvalue weighted by Gasteiger charge is 2.10. The van der Waals surface area contributed by atoms with Gasteiger partial charge in [0.1, 0.15) is 0 Å². The molecule has 0 atom stereocenters. The van der Waals surface area contributed by atoms with Crippen LogP contribution >= 0.6 is 0 Å². The molecular weight excluding hydrogens is 152 g/mol. The van der Waals surface area contributed by atoms with E-state index in [1.54, 1.807) is 0 Å². The summed E-state index contributed by atoms with van der Waals surface area (Å²) in [6.45, 7) is 0. The molecule has 0 heterocycles. The van der Waals surface area contributed by atoms with Crippen LogP contribution in [0.25, 0.3) is 0 Å². The summed E-state index contributed by atoms with van der Waals surface area (Å²) in [4.78, 5) is 11.3. The van der Waals surface area contributed by atoms with Crippen molar-refractivity contribution in [3.8, 4) is 0 Å². The predicted octanol–water partition coefficient (Wildman–Crippen LogP) is 2.74. The summed E-state index contributed by atoms with van der Waals surface area (Å²) in [7, 11) is 0. The molecule has 1 fully saturated rings. The number of rotatable bonds is 0. The fourth-order valence-corrected chi connectivity index (χ4v) is 1.57. The fraction of sp³-hybridized carbons (Fsp3) is 0.700. The van der Waals surface area contributed by atoms with Crippen LogP contribution in [0.3, 0.4) is 0 Å². The van der Waals surface area contributed by atoms with E-state index in [0.29, 0.717) is 12.0 Å². The SMILES string of the molecule is O=C1CCCCCCC/C1=C\O. The number of hydrogen-bond acceptors (Lipinski definition) is 2. The number of aliphatic hydroxyl groups is 1. The lowest BCUT2D eigenvalue weighted by atomic mass is 10.0. The molecule has 0 saturated heterocycles. The van der Waals surface area contributed by atoms with E-state index in [0.717, 1.165) is 31.9 Å². The molecule has 2 nitrogen and oxygen atoms in total. The quantitative estimate of drug-likeness (QED) is 0.446. The summed E-state index contributed by atoms with van der Waals surface area (Å²) in [5, 5.41) is 8.79. The third-order valence-corrected chi connectivity index (χ3v) is 2.36. The Morgan fingerprint density at radius 1 is 1.00 bits per heavy atom. The molecule has 1 aliphatic rings. The van der Waals surface area contributed by atoms with Crippen molar-refractivity contribution >= 4 is 5.78 Å². The van der Waals surface area contributed by atoms with Crippen molar-refractivity contribution in [1.29, 1.82) is 0 Å². The number of allylic oxidation sites excluding steroid dienone is 1. The zero-order valence-corrected chi connectivity index (χ0v) is 7.38. The molecular formula is C10H16O2. The Kier molecular flexibility index (Phi) is 3.85. The third-order valence-electron chi connectivity index (χ3n) is 2.36. The predicted molar refractivity (Wildman–Crippen MR) is 48.0 cm³/mol. The van der Waals surface area contributed by atoms with E-state index in [9.17, 15) is 4.79 Å². The van der Waals surface area contributed by atoms with Gasteiger partial charge >= 0.3 is 0 Å². The minimum Gasteiger partial charge on any atom is -0.515 e. The van der Waals surface area contributed by atoms with Gasteiger partial charge in [0.25, 0.3) is 0 Å². The summed E-state index contributed by atoms with van der Waals surface area (Å²) >= 11 is 0. The minimum absolute atomic E-state index is 0.138. The second kappa shape index (κ2) is 4.96. The number of carbonyl (C=O) groups excluding carboxylic acids is 1. The molecule has 1 saturated carbocycles. The standard InChI is InChI=1S/C10H16O2/c11-8-9-6-4-2-1-3-5-7-10(9)12/h8,11H,1-7H2/b9-8+. The van der Waals surface area contributed by atoms with Crippen molar-refractivity contribution in [1.82, 2.24) is 0 Å². The molecule has 0 spiro atoms. The maximum absolute atomic E-state index is 11.3. The second-order valence-electron chi connectivity index (χ2n) is 3.35. The van der Waals surface area contributed by atoms with Crippen LogP contribution < -0.4 is 0 Å². The van der Waals surface area contributed by atoms with Crippen LogP contribution in [0.5, 0.6) is 0 Å². The van der Waals surface area contributed by atoms with Crippen molar-refractivity contribution < 1.29 is 9.90 Å². The van der Waals surface area contributed by atoms with Crippen LogP contribution in [0.1, 0.15) is 44.9 Å². The summed E-state index contributed by atoms with van der Waals surface area (Å²) in [6, 6.07) is 0. The topological polar surface area (TPSA) is 37.3 Å². The highest BCUT2D eigenvalue weighted by Crippen LogP contribution is 2.17. The Morgan fingerprint density at radius 2 is 1.58 bits per heavy atom. The molecule has 2 heteroatoms. The lowest BCUT2D eigenvalue weighted by Gasteiger charge is -2.00. The minimum atomic E-state index is 0.138. The highest BCUT2D eigenvalue weighted by atomic mass is 16.2. The van der Waals surface area contributed by atoms with Gasteiger partial charge in [-0.3, -0.25) is 4.79 Å². The van der Waals surface area contributed by atoms with E-state index in [2.05, 4.69) is 0 Å². The third kappa shape index (κ3) is 2.68. The van der Waals surface area contributed by atoms with Gasteiger partial charge in [0.05, 0.1) is 6.26 Å². The van der Waals surface area contributed by atoms with E-state index < -0.39 is 0 Å². The molecule has 1 rings (SSSR count). The smallest absolute Gasteiger partial charge is 0.161 e. The number of carbonyl (C=O) groups is 1. The van der Waals surface area contributed by atoms with Gasteiger partial charge in [0, 0.05) is 12.0 Å². The number of hydrogen-bond donors (Lipinski definition) is 1. The molecule has 1 N–H and O–H groups in total. The van der Waals surface area contributed by atoms with Gasteiger partial charge in [-0.1, -0.05) is 19.3 Å². The van der Waals surface area contributed by atoms with Crippen LogP contribution in [-0.4, -0.2) is 10.9 Å². The lowest BCUT2D eigenvalue weighted by molar-refractivity contribution is -0.115. The molecule has 68 valence electrons. The van der Waals surface area contributed by atoms with Crippen molar-refractivity contribution in [3.05, 3.63) is 11.8 Å². The Morgan fingerprint density at radius 3 is 2.25 bits per heavy atom. The Balaban J connectivity index is 2.53. The van der Waals surface area contributed by atoms with Crippen molar-refractivity contribution in [3.63, 3.8) is 0 Å². The van der Waals surface area contributed by atoms with Crippen LogP contribution in [0.2, 0.25) is 0 Å². The Bertz CT molecular complexity index is 182. The van der Waals surface area contributed by atoms with Gasteiger partial charge in [-0.2, -0.15) is 0 Å². The summed E-state index contributed by atoms with van der Waals surface area (Å²) in [5.41, 5.74) is 0.622. The summed E-state index contributed by atoms with van der Waals surface area (Å²) in [5.74, 6) is 0.138. The molecule has 0 amide bonds. The van der Waals surface area contributed by atoms with E-state index in [-0.39, 0.29) is 5.78 Å². The molecule has 0 unspecified atom stereocenters. The fourth-order valence-electron chi connectivity index (χ4n) is 1.57. The van der Waals surface area contributed by atoms with Crippen LogP contribution in [0, 0.1) is 0 Å². The van der Waals surface area contributed by atoms with E-state index in [4.69, 9.17) is 5.11 Å². The first-order valence-corrected chi connectivity index (χ1v) is 4.71. The first-order chi connectivity index (χ1) is 5.84. The van der Waals surface area contributed by atoms with Crippen molar-refractivity contribution in [2.24, 2.45) is 0 Å². The van der Waals surface area contributed by atoms with Gasteiger partial charge in [-0.05, 0) is 19.3 Å². The molecule has 0 aromatic carbocycles. The number of Topliss-reactive ketones (excluding diaryl/α,β-unsaturated/α-hetero) is 1. The van der Waals surface area contributed by atoms with Crippen LogP contribution in [-0.2, 0) is 4.79 Å². The molecule has 0 aliphatic heterocycles. The van der Waals surface area contributed by atoms with Gasteiger partial charge in [-0.15, -0.1) is 0 Å². The second-order valence-corrected chi connectivity index (χ2v) is 3.35. The lowest BCUT2D eigenvalue weighted by Crippen LogP contribution is -2.01. The molecule has 0 aromatic rings. The average molecular weight is 168 g/mol. The maximum atomic E-state index is 11.3. The first-order valence-electron chi connectivity index (χ1n) is 4.71. The molecule has 0 aromatic heterocycles. The van der Waals surface area contributed by atoms with E-state index >= 15 is 0 Å². The van der Waals surface area contributed by atoms with E-state index in [1.165, 1.54) is 12.8 Å². The van der Waals surface area contributed by atoms with Gasteiger partial charge < -0.3 is 5.11 Å². The first kappa shape index (κ1) is 9.30. The molecule has 0 radical (unpaired) electrons. The van der Waals surface area contributed by atoms with Gasteiger partial charge in [0.2, 0.25) is 0 Å². The zero-order chi connectivity index (χ0) is 8.81. The normalized spacial score (nSPS) is 24.7. The summed E-state index contributed by atoms with van der Waals surface area (Å²) < 4.78 is 0. The van der Waals surface area contributed by atoms with E-state index in [1.807, 2.05) is 0 Å². The van der Waals surface area contributed by atoms with Crippen molar-refractivity contribution in [2.45, 2.75) is 44.9 Å².